The molecule has 0 bridgehead atoms. The molecule has 4 heteroatoms. The third-order valence-corrected chi connectivity index (χ3v) is 3.24. The molecule has 3 nitrogen and oxygen atoms in total. The number of aromatic nitrogens is 1. The molecule has 19 heavy (non-hydrogen) atoms. The smallest absolute Gasteiger partial charge is 0.141 e. The molecule has 0 aliphatic heterocycles. The summed E-state index contributed by atoms with van der Waals surface area (Å²) < 4.78 is 13.4. The van der Waals surface area contributed by atoms with Crippen molar-refractivity contribution in [3.8, 4) is 0 Å². The van der Waals surface area contributed by atoms with Crippen LogP contribution in [0.4, 0.5) is 10.2 Å². The first kappa shape index (κ1) is 14.0. The van der Waals surface area contributed by atoms with Gasteiger partial charge in [-0.2, -0.15) is 0 Å². The molecular weight excluding hydrogens is 241 g/mol. The maximum Gasteiger partial charge on any atom is 0.141 e. The molecule has 0 atom stereocenters. The largest absolute Gasteiger partial charge is 0.350 e. The Kier molecular flexibility index (Phi) is 4.91. The van der Waals surface area contributed by atoms with Crippen LogP contribution in [-0.4, -0.2) is 24.1 Å². The lowest BCUT2D eigenvalue weighted by atomic mass is 10.2. The van der Waals surface area contributed by atoms with Crippen LogP contribution in [0.1, 0.15) is 31.7 Å². The molecule has 1 saturated carbocycles. The zero-order valence-electron chi connectivity index (χ0n) is 11.5. The average molecular weight is 263 g/mol. The van der Waals surface area contributed by atoms with Crippen LogP contribution < -0.4 is 10.2 Å². The summed E-state index contributed by atoms with van der Waals surface area (Å²) in [5.41, 5.74) is 0.933. The SMILES string of the molecule is C=CCN(c1ncc(F)cc1CNCCC)C1CC1. The van der Waals surface area contributed by atoms with Crippen LogP contribution in [0.5, 0.6) is 0 Å². The highest BCUT2D eigenvalue weighted by molar-refractivity contribution is 5.49. The van der Waals surface area contributed by atoms with Gasteiger partial charge in [0.05, 0.1) is 6.20 Å². The zero-order chi connectivity index (χ0) is 13.7. The molecule has 1 aliphatic rings. The molecule has 1 heterocycles. The van der Waals surface area contributed by atoms with Crippen molar-refractivity contribution in [3.63, 3.8) is 0 Å². The van der Waals surface area contributed by atoms with Crippen LogP contribution in [-0.2, 0) is 6.54 Å². The topological polar surface area (TPSA) is 28.2 Å². The average Bonchev–Trinajstić information content (AvgIpc) is 3.21. The Hall–Kier alpha value is -1.42. The summed E-state index contributed by atoms with van der Waals surface area (Å²) in [6, 6.07) is 2.13. The van der Waals surface area contributed by atoms with E-state index in [4.69, 9.17) is 0 Å². The number of hydrogen-bond donors (Lipinski definition) is 1. The first-order valence-electron chi connectivity index (χ1n) is 6.99. The number of rotatable bonds is 8. The van der Waals surface area contributed by atoms with Crippen LogP contribution in [0.3, 0.4) is 0 Å². The highest BCUT2D eigenvalue weighted by Gasteiger charge is 2.30. The van der Waals surface area contributed by atoms with Crippen molar-refractivity contribution in [2.45, 2.75) is 38.8 Å². The maximum absolute atomic E-state index is 13.4. The van der Waals surface area contributed by atoms with E-state index in [0.717, 1.165) is 30.9 Å². The van der Waals surface area contributed by atoms with Crippen molar-refractivity contribution in [1.29, 1.82) is 0 Å². The van der Waals surface area contributed by atoms with Gasteiger partial charge in [-0.3, -0.25) is 0 Å². The number of halogens is 1. The molecule has 1 aliphatic carbocycles. The van der Waals surface area contributed by atoms with E-state index in [-0.39, 0.29) is 5.82 Å². The van der Waals surface area contributed by atoms with E-state index < -0.39 is 0 Å². The van der Waals surface area contributed by atoms with Gasteiger partial charge in [0.25, 0.3) is 0 Å². The summed E-state index contributed by atoms with van der Waals surface area (Å²) in [7, 11) is 0. The van der Waals surface area contributed by atoms with E-state index in [2.05, 4.69) is 28.7 Å². The Morgan fingerprint density at radius 2 is 2.37 bits per heavy atom. The van der Waals surface area contributed by atoms with Gasteiger partial charge in [-0.25, -0.2) is 9.37 Å². The lowest BCUT2D eigenvalue weighted by Gasteiger charge is -2.24. The number of hydrogen-bond acceptors (Lipinski definition) is 3. The minimum atomic E-state index is -0.272. The van der Waals surface area contributed by atoms with Crippen molar-refractivity contribution in [2.75, 3.05) is 18.0 Å². The first-order valence-corrected chi connectivity index (χ1v) is 6.99. The molecule has 0 saturated heterocycles. The Labute approximate surface area is 114 Å². The van der Waals surface area contributed by atoms with Crippen molar-refractivity contribution >= 4 is 5.82 Å². The summed E-state index contributed by atoms with van der Waals surface area (Å²) in [5, 5.41) is 3.32. The number of nitrogens with zero attached hydrogens (tertiary/aromatic N) is 2. The molecule has 1 N–H and O–H groups in total. The Bertz CT molecular complexity index is 429. The van der Waals surface area contributed by atoms with E-state index in [1.54, 1.807) is 6.07 Å². The number of nitrogens with one attached hydrogen (secondary N) is 1. The lowest BCUT2D eigenvalue weighted by Crippen LogP contribution is -2.29. The molecule has 0 aromatic carbocycles. The summed E-state index contributed by atoms with van der Waals surface area (Å²) in [6.07, 6.45) is 6.63. The van der Waals surface area contributed by atoms with Crippen LogP contribution >= 0.6 is 0 Å². The van der Waals surface area contributed by atoms with Gasteiger partial charge in [0.2, 0.25) is 0 Å². The summed E-state index contributed by atoms with van der Waals surface area (Å²) in [4.78, 5) is 6.53. The van der Waals surface area contributed by atoms with Crippen LogP contribution in [0.25, 0.3) is 0 Å². The summed E-state index contributed by atoms with van der Waals surface area (Å²) in [5.74, 6) is 0.624. The van der Waals surface area contributed by atoms with Gasteiger partial charge in [-0.05, 0) is 31.9 Å². The van der Waals surface area contributed by atoms with Crippen molar-refractivity contribution in [3.05, 3.63) is 36.3 Å². The normalized spacial score (nSPS) is 14.4. The van der Waals surface area contributed by atoms with Crippen LogP contribution in [0.2, 0.25) is 0 Å². The van der Waals surface area contributed by atoms with Crippen molar-refractivity contribution in [1.82, 2.24) is 10.3 Å². The predicted octanol–water partition coefficient (Wildman–Crippen LogP) is 2.88. The van der Waals surface area contributed by atoms with Gasteiger partial charge in [0, 0.05) is 24.7 Å². The van der Waals surface area contributed by atoms with E-state index >= 15 is 0 Å². The fourth-order valence-electron chi connectivity index (χ4n) is 2.20. The van der Waals surface area contributed by atoms with E-state index in [1.807, 2.05) is 6.08 Å². The number of anilines is 1. The fraction of sp³-hybridized carbons (Fsp3) is 0.533. The molecule has 0 radical (unpaired) electrons. The second kappa shape index (κ2) is 6.66. The lowest BCUT2D eigenvalue weighted by molar-refractivity contribution is 0.609. The Balaban J connectivity index is 2.18. The third kappa shape index (κ3) is 3.77. The van der Waals surface area contributed by atoms with E-state index in [9.17, 15) is 4.39 Å². The van der Waals surface area contributed by atoms with Crippen molar-refractivity contribution in [2.24, 2.45) is 0 Å². The minimum Gasteiger partial charge on any atom is -0.350 e. The Morgan fingerprint density at radius 3 is 3.00 bits per heavy atom. The highest BCUT2D eigenvalue weighted by Crippen LogP contribution is 2.32. The van der Waals surface area contributed by atoms with Gasteiger partial charge in [-0.15, -0.1) is 6.58 Å². The molecular formula is C15H22FN3. The first-order chi connectivity index (χ1) is 9.26. The fourth-order valence-corrected chi connectivity index (χ4v) is 2.20. The van der Waals surface area contributed by atoms with E-state index in [0.29, 0.717) is 12.6 Å². The quantitative estimate of drug-likeness (QED) is 0.577. The van der Waals surface area contributed by atoms with Crippen LogP contribution in [0, 0.1) is 5.82 Å². The van der Waals surface area contributed by atoms with Gasteiger partial charge in [-0.1, -0.05) is 13.0 Å². The Morgan fingerprint density at radius 1 is 1.58 bits per heavy atom. The summed E-state index contributed by atoms with van der Waals surface area (Å²) >= 11 is 0. The molecule has 2 rings (SSSR count). The monoisotopic (exact) mass is 263 g/mol. The van der Waals surface area contributed by atoms with E-state index in [1.165, 1.54) is 19.0 Å². The molecule has 0 spiro atoms. The van der Waals surface area contributed by atoms with Gasteiger partial charge >= 0.3 is 0 Å². The van der Waals surface area contributed by atoms with Gasteiger partial charge in [0.15, 0.2) is 0 Å². The summed E-state index contributed by atoms with van der Waals surface area (Å²) in [6.45, 7) is 8.28. The molecule has 0 amide bonds. The second-order valence-electron chi connectivity index (χ2n) is 4.99. The molecule has 1 aromatic heterocycles. The van der Waals surface area contributed by atoms with Gasteiger partial charge in [0.1, 0.15) is 11.6 Å². The molecule has 1 fully saturated rings. The highest BCUT2D eigenvalue weighted by atomic mass is 19.1. The molecule has 104 valence electrons. The van der Waals surface area contributed by atoms with Gasteiger partial charge < -0.3 is 10.2 Å². The standard InChI is InChI=1S/C15H22FN3/c1-3-7-17-10-12-9-13(16)11-18-15(12)19(8-4-2)14-5-6-14/h4,9,11,14,17H,2-3,5-8,10H2,1H3. The third-order valence-electron chi connectivity index (χ3n) is 3.24. The molecule has 0 unspecified atom stereocenters. The zero-order valence-corrected chi connectivity index (χ0v) is 11.5. The predicted molar refractivity (Wildman–Crippen MR) is 76.8 cm³/mol. The van der Waals surface area contributed by atoms with Crippen molar-refractivity contribution < 1.29 is 4.39 Å². The second-order valence-corrected chi connectivity index (χ2v) is 4.99. The van der Waals surface area contributed by atoms with Crippen LogP contribution in [0.15, 0.2) is 24.9 Å². The number of pyridine rings is 1. The minimum absolute atomic E-state index is 0.272. The maximum atomic E-state index is 13.4. The molecule has 1 aromatic rings.